The summed E-state index contributed by atoms with van der Waals surface area (Å²) in [6, 6.07) is -0.703. The van der Waals surface area contributed by atoms with Crippen LogP contribution in [0.25, 0.3) is 0 Å². The van der Waals surface area contributed by atoms with E-state index in [2.05, 4.69) is 5.32 Å². The molecule has 0 unspecified atom stereocenters. The van der Waals surface area contributed by atoms with E-state index >= 15 is 0 Å². The Morgan fingerprint density at radius 1 is 1.41 bits per heavy atom. The Bertz CT molecular complexity index is 289. The zero-order valence-corrected chi connectivity index (χ0v) is 10.1. The van der Waals surface area contributed by atoms with Crippen LogP contribution in [0.5, 0.6) is 0 Å². The Hall–Kier alpha value is 0.116. The van der Waals surface area contributed by atoms with Crippen molar-refractivity contribution in [3.05, 3.63) is 11.8 Å². The second kappa shape index (κ2) is 10.1. The molecule has 0 rings (SSSR count). The minimum atomic E-state index is -0.938. The van der Waals surface area contributed by atoms with Crippen molar-refractivity contribution in [2.24, 2.45) is 5.92 Å². The van der Waals surface area contributed by atoms with Crippen LogP contribution in [0.1, 0.15) is 27.7 Å². The molecular weight excluding hydrogens is 249 g/mol. The first-order chi connectivity index (χ1) is 7.38. The molecular formula is C11H20KNO4. The van der Waals surface area contributed by atoms with Crippen molar-refractivity contribution in [3.63, 3.8) is 0 Å². The van der Waals surface area contributed by atoms with E-state index in [0.717, 1.165) is 0 Å². The maximum atomic E-state index is 11.1. The normalized spacial score (nSPS) is 12.6. The van der Waals surface area contributed by atoms with Gasteiger partial charge in [0.05, 0.1) is 6.61 Å². The van der Waals surface area contributed by atoms with Crippen LogP contribution in [0.2, 0.25) is 0 Å². The third-order valence-electron chi connectivity index (χ3n) is 1.94. The van der Waals surface area contributed by atoms with Gasteiger partial charge in [-0.25, -0.2) is 9.59 Å². The zero-order valence-electron chi connectivity index (χ0n) is 10.1. The van der Waals surface area contributed by atoms with E-state index in [-0.39, 0.29) is 57.3 Å². The molecule has 0 spiro atoms. The summed E-state index contributed by atoms with van der Waals surface area (Å²) in [7, 11) is 0. The molecule has 0 bridgehead atoms. The SMILES string of the molecule is CCOC(=O)/C=C(/C)N[C@H](C(=O)O)C(C)C.[KH]. The fourth-order valence-corrected chi connectivity index (χ4v) is 1.16. The molecule has 94 valence electrons. The van der Waals surface area contributed by atoms with E-state index in [1.54, 1.807) is 27.7 Å². The summed E-state index contributed by atoms with van der Waals surface area (Å²) in [5.74, 6) is -1.48. The average Bonchev–Trinajstić information content (AvgIpc) is 2.13. The van der Waals surface area contributed by atoms with Gasteiger partial charge in [0.1, 0.15) is 6.04 Å². The van der Waals surface area contributed by atoms with E-state index in [9.17, 15) is 9.59 Å². The molecule has 0 fully saturated rings. The number of carboxylic acid groups (broad SMARTS) is 1. The molecule has 17 heavy (non-hydrogen) atoms. The minimum absolute atomic E-state index is 0. The molecule has 0 aromatic heterocycles. The number of ether oxygens (including phenoxy) is 1. The molecule has 0 aromatic rings. The second-order valence-electron chi connectivity index (χ2n) is 3.78. The van der Waals surface area contributed by atoms with E-state index in [4.69, 9.17) is 9.84 Å². The van der Waals surface area contributed by atoms with Crippen LogP contribution < -0.4 is 5.32 Å². The van der Waals surface area contributed by atoms with Crippen LogP contribution >= 0.6 is 0 Å². The quantitative estimate of drug-likeness (QED) is 0.417. The summed E-state index contributed by atoms with van der Waals surface area (Å²) in [5.41, 5.74) is 0.486. The molecule has 0 radical (unpaired) electrons. The Morgan fingerprint density at radius 2 is 1.94 bits per heavy atom. The number of aliphatic carboxylic acids is 1. The average molecular weight is 269 g/mol. The predicted octanol–water partition coefficient (Wildman–Crippen LogP) is 0.504. The molecule has 0 aliphatic heterocycles. The van der Waals surface area contributed by atoms with Crippen molar-refractivity contribution < 1.29 is 19.4 Å². The van der Waals surface area contributed by atoms with Crippen molar-refractivity contribution in [1.82, 2.24) is 5.32 Å². The van der Waals surface area contributed by atoms with Gasteiger partial charge in [0.2, 0.25) is 0 Å². The molecule has 2 N–H and O–H groups in total. The van der Waals surface area contributed by atoms with Gasteiger partial charge < -0.3 is 15.2 Å². The van der Waals surface area contributed by atoms with Gasteiger partial charge in [-0.3, -0.25) is 0 Å². The van der Waals surface area contributed by atoms with E-state index in [1.165, 1.54) is 6.08 Å². The molecule has 0 aliphatic carbocycles. The molecule has 0 aliphatic rings. The van der Waals surface area contributed by atoms with Gasteiger partial charge in [0, 0.05) is 11.8 Å². The van der Waals surface area contributed by atoms with Crippen molar-refractivity contribution in [2.45, 2.75) is 33.7 Å². The monoisotopic (exact) mass is 269 g/mol. The van der Waals surface area contributed by atoms with Crippen LogP contribution in [0.3, 0.4) is 0 Å². The van der Waals surface area contributed by atoms with Gasteiger partial charge in [-0.1, -0.05) is 13.8 Å². The van der Waals surface area contributed by atoms with Crippen LogP contribution in [0.4, 0.5) is 0 Å². The van der Waals surface area contributed by atoms with Gasteiger partial charge in [0.15, 0.2) is 0 Å². The molecule has 0 saturated heterocycles. The van der Waals surface area contributed by atoms with Crippen LogP contribution in [0.15, 0.2) is 11.8 Å². The van der Waals surface area contributed by atoms with Gasteiger partial charge in [-0.15, -0.1) is 0 Å². The van der Waals surface area contributed by atoms with Gasteiger partial charge in [0.25, 0.3) is 0 Å². The number of carbonyl (C=O) groups excluding carboxylic acids is 1. The summed E-state index contributed by atoms with van der Waals surface area (Å²) in [6.07, 6.45) is 1.25. The first kappa shape index (κ1) is 19.5. The molecule has 1 atom stereocenters. The summed E-state index contributed by atoms with van der Waals surface area (Å²) < 4.78 is 4.71. The number of carbonyl (C=O) groups is 2. The Labute approximate surface area is 144 Å². The Kier molecular flexibility index (Phi) is 11.5. The van der Waals surface area contributed by atoms with E-state index < -0.39 is 18.0 Å². The number of hydrogen-bond donors (Lipinski definition) is 2. The molecule has 0 heterocycles. The molecule has 0 saturated carbocycles. The maximum absolute atomic E-state index is 11.1. The van der Waals surface area contributed by atoms with E-state index in [1.807, 2.05) is 0 Å². The fourth-order valence-electron chi connectivity index (χ4n) is 1.16. The number of allylic oxidation sites excluding steroid dienone is 1. The number of nitrogens with one attached hydrogen (secondary N) is 1. The number of rotatable bonds is 6. The summed E-state index contributed by atoms with van der Waals surface area (Å²) in [4.78, 5) is 22.0. The Balaban J connectivity index is 0. The van der Waals surface area contributed by atoms with Crippen molar-refractivity contribution in [1.29, 1.82) is 0 Å². The molecule has 5 nitrogen and oxygen atoms in total. The van der Waals surface area contributed by atoms with Gasteiger partial charge in [-0.05, 0) is 19.8 Å². The summed E-state index contributed by atoms with van der Waals surface area (Å²) in [6.45, 7) is 7.24. The summed E-state index contributed by atoms with van der Waals surface area (Å²) in [5, 5.41) is 11.7. The van der Waals surface area contributed by atoms with Crippen molar-refractivity contribution in [2.75, 3.05) is 6.61 Å². The molecule has 6 heteroatoms. The van der Waals surface area contributed by atoms with Crippen LogP contribution in [-0.2, 0) is 14.3 Å². The van der Waals surface area contributed by atoms with Gasteiger partial charge in [-0.2, -0.15) is 0 Å². The third-order valence-corrected chi connectivity index (χ3v) is 1.94. The third kappa shape index (κ3) is 8.79. The topological polar surface area (TPSA) is 75.6 Å². The number of hydrogen-bond acceptors (Lipinski definition) is 4. The first-order valence-corrected chi connectivity index (χ1v) is 5.22. The van der Waals surface area contributed by atoms with Crippen LogP contribution in [0, 0.1) is 5.92 Å². The zero-order chi connectivity index (χ0) is 12.7. The second-order valence-corrected chi connectivity index (χ2v) is 3.78. The van der Waals surface area contributed by atoms with Gasteiger partial charge >= 0.3 is 63.3 Å². The standard InChI is InChI=1S/C11H19NO4.K.H/c1-5-16-9(13)6-8(4)12-10(7(2)3)11(14)15;;/h6-7,10,12H,5H2,1-4H3,(H,14,15);;/b8-6-;;/t10-;;/m0../s1. The number of esters is 1. The summed E-state index contributed by atoms with van der Waals surface area (Å²) >= 11 is 0. The van der Waals surface area contributed by atoms with Crippen molar-refractivity contribution in [3.8, 4) is 0 Å². The Morgan fingerprint density at radius 3 is 2.29 bits per heavy atom. The van der Waals surface area contributed by atoms with Crippen LogP contribution in [-0.4, -0.2) is 81.1 Å². The predicted molar refractivity (Wildman–Crippen MR) is 66.9 cm³/mol. The first-order valence-electron chi connectivity index (χ1n) is 5.22. The van der Waals surface area contributed by atoms with E-state index in [0.29, 0.717) is 12.3 Å². The molecule has 0 aromatic carbocycles. The number of carboxylic acids is 1. The molecule has 0 amide bonds. The fraction of sp³-hybridized carbons (Fsp3) is 0.636. The van der Waals surface area contributed by atoms with Crippen molar-refractivity contribution >= 4 is 63.3 Å².